The van der Waals surface area contributed by atoms with Gasteiger partial charge in [-0.2, -0.15) is 0 Å². The highest BCUT2D eigenvalue weighted by Crippen LogP contribution is 2.33. The number of nitrogens with zero attached hydrogens (tertiary/aromatic N) is 1. The van der Waals surface area contributed by atoms with E-state index >= 15 is 0 Å². The van der Waals surface area contributed by atoms with Gasteiger partial charge in [-0.3, -0.25) is 4.79 Å². The Labute approximate surface area is 125 Å². The van der Waals surface area contributed by atoms with Crippen molar-refractivity contribution in [2.24, 2.45) is 0 Å². The van der Waals surface area contributed by atoms with Gasteiger partial charge in [-0.1, -0.05) is 49.7 Å². The molecule has 0 N–H and O–H groups in total. The van der Waals surface area contributed by atoms with Gasteiger partial charge in [0.1, 0.15) is 6.29 Å². The van der Waals surface area contributed by atoms with Crippen molar-refractivity contribution in [2.75, 3.05) is 4.90 Å². The first-order valence-electron chi connectivity index (χ1n) is 6.84. The summed E-state index contributed by atoms with van der Waals surface area (Å²) in [5, 5.41) is 0.632. The van der Waals surface area contributed by atoms with E-state index in [1.807, 2.05) is 19.9 Å². The highest BCUT2D eigenvalue weighted by molar-refractivity contribution is 6.33. The number of hydrogen-bond acceptors (Lipinski definition) is 2. The van der Waals surface area contributed by atoms with E-state index in [-0.39, 0.29) is 0 Å². The van der Waals surface area contributed by atoms with E-state index in [2.05, 4.69) is 29.2 Å². The molecule has 20 heavy (non-hydrogen) atoms. The highest BCUT2D eigenvalue weighted by Gasteiger charge is 2.20. The van der Waals surface area contributed by atoms with E-state index in [4.69, 9.17) is 11.6 Å². The third-order valence-electron chi connectivity index (χ3n) is 3.29. The first-order valence-corrected chi connectivity index (χ1v) is 7.22. The van der Waals surface area contributed by atoms with Crippen LogP contribution in [0.1, 0.15) is 35.3 Å². The summed E-state index contributed by atoms with van der Waals surface area (Å²) in [6.07, 6.45) is 0.814. The van der Waals surface area contributed by atoms with E-state index in [1.165, 1.54) is 11.1 Å². The summed E-state index contributed by atoms with van der Waals surface area (Å²) in [4.78, 5) is 12.9. The first-order chi connectivity index (χ1) is 9.78. The zero-order chi connectivity index (χ0) is 14.5. The Morgan fingerprint density at radius 2 is 1.65 bits per heavy atom. The molecule has 0 saturated heterocycles. The minimum absolute atomic E-state index is 0.612. The van der Waals surface area contributed by atoms with E-state index in [0.29, 0.717) is 10.6 Å². The van der Waals surface area contributed by atoms with Gasteiger partial charge in [0, 0.05) is 18.7 Å². The summed E-state index contributed by atoms with van der Waals surface area (Å²) >= 11 is 6.23. The normalized spacial score (nSPS) is 12.4. The Morgan fingerprint density at radius 1 is 1.05 bits per heavy atom. The number of anilines is 1. The maximum Gasteiger partial charge on any atom is 0.150 e. The molecule has 0 spiro atoms. The predicted molar refractivity (Wildman–Crippen MR) is 84.5 cm³/mol. The molecule has 2 nitrogen and oxygen atoms in total. The van der Waals surface area contributed by atoms with Gasteiger partial charge in [0.15, 0.2) is 0 Å². The second-order valence-corrected chi connectivity index (χ2v) is 4.86. The summed E-state index contributed by atoms with van der Waals surface area (Å²) in [6.45, 7) is 5.74. The molecule has 2 aromatic carbocycles. The summed E-state index contributed by atoms with van der Waals surface area (Å²) in [7, 11) is 0. The minimum Gasteiger partial charge on any atom is -0.362 e. The summed E-state index contributed by atoms with van der Waals surface area (Å²) in [5.41, 5.74) is 4.28. The molecule has 0 saturated carbocycles. The van der Waals surface area contributed by atoms with Gasteiger partial charge in [-0.05, 0) is 29.3 Å². The van der Waals surface area contributed by atoms with Crippen molar-refractivity contribution >= 4 is 23.6 Å². The lowest BCUT2D eigenvalue weighted by molar-refractivity contribution is 0.112. The zero-order valence-corrected chi connectivity index (χ0v) is 12.5. The fourth-order valence-corrected chi connectivity index (χ4v) is 2.66. The van der Waals surface area contributed by atoms with Crippen LogP contribution in [0.2, 0.25) is 5.02 Å². The number of carbonyl (C=O) groups excluding carboxylic acids is 1. The van der Waals surface area contributed by atoms with Crippen molar-refractivity contribution in [2.45, 2.75) is 26.9 Å². The van der Waals surface area contributed by atoms with Crippen LogP contribution in [-0.2, 0) is 13.1 Å². The number of hydrogen-bond donors (Lipinski definition) is 0. The third kappa shape index (κ3) is 2.86. The van der Waals surface area contributed by atoms with Crippen molar-refractivity contribution in [1.29, 1.82) is 0 Å². The monoisotopic (exact) mass is 287 g/mol. The summed E-state index contributed by atoms with van der Waals surface area (Å²) < 4.78 is 0. The Kier molecular flexibility index (Phi) is 4.80. The van der Waals surface area contributed by atoms with Crippen molar-refractivity contribution in [3.63, 3.8) is 0 Å². The Balaban J connectivity index is 0.000000704. The van der Waals surface area contributed by atoms with Crippen LogP contribution >= 0.6 is 11.6 Å². The highest BCUT2D eigenvalue weighted by atomic mass is 35.5. The second-order valence-electron chi connectivity index (χ2n) is 4.45. The Bertz CT molecular complexity index is 585. The molecular formula is C17H18ClNO. The van der Waals surface area contributed by atoms with Crippen LogP contribution in [0.25, 0.3) is 0 Å². The van der Waals surface area contributed by atoms with Crippen LogP contribution < -0.4 is 4.90 Å². The molecule has 0 bridgehead atoms. The predicted octanol–water partition coefficient (Wildman–Crippen LogP) is 4.70. The summed E-state index contributed by atoms with van der Waals surface area (Å²) in [6, 6.07) is 13.8. The molecule has 3 rings (SSSR count). The topological polar surface area (TPSA) is 20.3 Å². The molecular weight excluding hydrogens is 270 g/mol. The van der Waals surface area contributed by atoms with Crippen molar-refractivity contribution in [1.82, 2.24) is 0 Å². The van der Waals surface area contributed by atoms with Gasteiger partial charge in [-0.25, -0.2) is 0 Å². The molecule has 0 radical (unpaired) electrons. The van der Waals surface area contributed by atoms with Crippen molar-refractivity contribution in [3.05, 3.63) is 64.2 Å². The zero-order valence-electron chi connectivity index (χ0n) is 11.8. The number of benzene rings is 2. The molecule has 0 aromatic heterocycles. The van der Waals surface area contributed by atoms with Crippen LogP contribution in [0.15, 0.2) is 42.5 Å². The molecule has 3 heteroatoms. The molecule has 1 aliphatic heterocycles. The summed E-state index contributed by atoms with van der Waals surface area (Å²) in [5.74, 6) is 0. The largest absolute Gasteiger partial charge is 0.362 e. The number of carbonyl (C=O) groups is 1. The lowest BCUT2D eigenvalue weighted by atomic mass is 10.1. The van der Waals surface area contributed by atoms with E-state index in [1.54, 1.807) is 12.1 Å². The fraction of sp³-hybridized carbons (Fsp3) is 0.235. The Morgan fingerprint density at radius 3 is 2.15 bits per heavy atom. The Hall–Kier alpha value is -1.80. The average Bonchev–Trinajstić information content (AvgIpc) is 2.92. The molecule has 1 aliphatic rings. The van der Waals surface area contributed by atoms with Gasteiger partial charge in [0.2, 0.25) is 0 Å². The standard InChI is InChI=1S/C15H12ClNO.C2H6/c16-14-7-11(10-18)5-6-15(14)17-8-12-3-1-2-4-13(12)9-17;1-2/h1-7,10H,8-9H2;1-2H3. The number of aldehydes is 1. The van der Waals surface area contributed by atoms with Crippen LogP contribution in [0.4, 0.5) is 5.69 Å². The average molecular weight is 288 g/mol. The maximum absolute atomic E-state index is 10.7. The van der Waals surface area contributed by atoms with Crippen molar-refractivity contribution < 1.29 is 4.79 Å². The minimum atomic E-state index is 0.612. The van der Waals surface area contributed by atoms with Crippen LogP contribution in [0.5, 0.6) is 0 Å². The van der Waals surface area contributed by atoms with Gasteiger partial charge >= 0.3 is 0 Å². The van der Waals surface area contributed by atoms with Crippen LogP contribution in [0.3, 0.4) is 0 Å². The van der Waals surface area contributed by atoms with Gasteiger partial charge in [0.25, 0.3) is 0 Å². The molecule has 0 aliphatic carbocycles. The van der Waals surface area contributed by atoms with Crippen LogP contribution in [0, 0.1) is 0 Å². The number of fused-ring (bicyclic) bond motifs is 1. The first kappa shape index (κ1) is 14.6. The van der Waals surface area contributed by atoms with Crippen molar-refractivity contribution in [3.8, 4) is 0 Å². The van der Waals surface area contributed by atoms with E-state index in [9.17, 15) is 4.79 Å². The number of rotatable bonds is 2. The van der Waals surface area contributed by atoms with Gasteiger partial charge in [-0.15, -0.1) is 0 Å². The molecule has 0 amide bonds. The van der Waals surface area contributed by atoms with E-state index in [0.717, 1.165) is 25.1 Å². The lowest BCUT2D eigenvalue weighted by Crippen LogP contribution is -2.14. The number of halogens is 1. The van der Waals surface area contributed by atoms with E-state index < -0.39 is 0 Å². The third-order valence-corrected chi connectivity index (χ3v) is 3.59. The quantitative estimate of drug-likeness (QED) is 0.746. The molecule has 104 valence electrons. The van der Waals surface area contributed by atoms with Crippen LogP contribution in [-0.4, -0.2) is 6.29 Å². The fourth-order valence-electron chi connectivity index (χ4n) is 2.36. The molecule has 0 unspecified atom stereocenters. The smallest absolute Gasteiger partial charge is 0.150 e. The molecule has 0 fully saturated rings. The molecule has 0 atom stereocenters. The molecule has 2 aromatic rings. The van der Waals surface area contributed by atoms with Gasteiger partial charge < -0.3 is 4.90 Å². The second kappa shape index (κ2) is 6.58. The molecule has 1 heterocycles. The maximum atomic E-state index is 10.7. The van der Waals surface area contributed by atoms with Gasteiger partial charge in [0.05, 0.1) is 10.7 Å². The lowest BCUT2D eigenvalue weighted by Gasteiger charge is -2.19. The SMILES string of the molecule is CC.O=Cc1ccc(N2Cc3ccccc3C2)c(Cl)c1.